The summed E-state index contributed by atoms with van der Waals surface area (Å²) in [5.74, 6) is -1.13. The standard InChI is InChI=1S/C21H20ClN3O4/c1-4-25-18-9-8-14(10-17(18)23-12(2)20(25)27)21(28)29-13(3)19(26)24-16-7-5-6-15(22)11-16/h5-11,13H,4H2,1-3H3,(H,24,26)/t13-/m1/s1. The number of ether oxygens (including phenoxy) is 1. The summed E-state index contributed by atoms with van der Waals surface area (Å²) in [6.45, 7) is 5.46. The van der Waals surface area contributed by atoms with Crippen LogP contribution in [0.4, 0.5) is 5.69 Å². The molecule has 29 heavy (non-hydrogen) atoms. The van der Waals surface area contributed by atoms with E-state index in [0.29, 0.717) is 34.0 Å². The number of aryl methyl sites for hydroxylation is 2. The maximum atomic E-state index is 12.5. The molecular formula is C21H20ClN3O4. The number of rotatable bonds is 5. The van der Waals surface area contributed by atoms with Crippen LogP contribution in [0.1, 0.15) is 29.9 Å². The molecule has 3 rings (SSSR count). The normalized spacial score (nSPS) is 11.9. The Morgan fingerprint density at radius 1 is 1.24 bits per heavy atom. The summed E-state index contributed by atoms with van der Waals surface area (Å²) in [5, 5.41) is 3.13. The minimum atomic E-state index is -1.02. The molecule has 1 heterocycles. The van der Waals surface area contributed by atoms with Crippen molar-refractivity contribution in [1.82, 2.24) is 9.55 Å². The average Bonchev–Trinajstić information content (AvgIpc) is 2.68. The topological polar surface area (TPSA) is 90.3 Å². The van der Waals surface area contributed by atoms with Gasteiger partial charge in [0.1, 0.15) is 5.69 Å². The fourth-order valence-electron chi connectivity index (χ4n) is 2.91. The van der Waals surface area contributed by atoms with Crippen LogP contribution in [0.15, 0.2) is 47.3 Å². The molecule has 0 radical (unpaired) electrons. The molecule has 1 N–H and O–H groups in total. The van der Waals surface area contributed by atoms with E-state index >= 15 is 0 Å². The number of halogens is 1. The molecule has 8 heteroatoms. The van der Waals surface area contributed by atoms with Crippen molar-refractivity contribution in [2.45, 2.75) is 33.4 Å². The first-order chi connectivity index (χ1) is 13.8. The maximum Gasteiger partial charge on any atom is 0.338 e. The van der Waals surface area contributed by atoms with Crippen molar-refractivity contribution in [2.75, 3.05) is 5.32 Å². The van der Waals surface area contributed by atoms with Gasteiger partial charge in [0, 0.05) is 17.3 Å². The minimum absolute atomic E-state index is 0.165. The summed E-state index contributed by atoms with van der Waals surface area (Å²) < 4.78 is 6.87. The first-order valence-electron chi connectivity index (χ1n) is 9.08. The van der Waals surface area contributed by atoms with Gasteiger partial charge in [0.15, 0.2) is 6.10 Å². The lowest BCUT2D eigenvalue weighted by molar-refractivity contribution is -0.123. The van der Waals surface area contributed by atoms with Crippen LogP contribution in [0.3, 0.4) is 0 Å². The van der Waals surface area contributed by atoms with Gasteiger partial charge in [0.2, 0.25) is 0 Å². The molecule has 150 valence electrons. The Balaban J connectivity index is 1.77. The van der Waals surface area contributed by atoms with E-state index in [-0.39, 0.29) is 11.1 Å². The average molecular weight is 414 g/mol. The molecule has 7 nitrogen and oxygen atoms in total. The summed E-state index contributed by atoms with van der Waals surface area (Å²) in [6, 6.07) is 11.4. The fourth-order valence-corrected chi connectivity index (χ4v) is 3.10. The van der Waals surface area contributed by atoms with Crippen molar-refractivity contribution in [3.8, 4) is 0 Å². The number of benzene rings is 2. The van der Waals surface area contributed by atoms with Crippen molar-refractivity contribution < 1.29 is 14.3 Å². The number of esters is 1. The van der Waals surface area contributed by atoms with Crippen LogP contribution in [-0.4, -0.2) is 27.5 Å². The van der Waals surface area contributed by atoms with Crippen molar-refractivity contribution in [2.24, 2.45) is 0 Å². The first-order valence-corrected chi connectivity index (χ1v) is 9.46. The minimum Gasteiger partial charge on any atom is -0.449 e. The highest BCUT2D eigenvalue weighted by molar-refractivity contribution is 6.30. The molecule has 0 spiro atoms. The van der Waals surface area contributed by atoms with Crippen LogP contribution in [0, 0.1) is 6.92 Å². The van der Waals surface area contributed by atoms with E-state index in [4.69, 9.17) is 16.3 Å². The molecule has 1 atom stereocenters. The molecule has 3 aromatic rings. The Morgan fingerprint density at radius 3 is 2.69 bits per heavy atom. The van der Waals surface area contributed by atoms with Gasteiger partial charge in [0.05, 0.1) is 16.6 Å². The number of fused-ring (bicyclic) bond motifs is 1. The number of hydrogen-bond donors (Lipinski definition) is 1. The van der Waals surface area contributed by atoms with E-state index < -0.39 is 18.0 Å². The molecule has 0 saturated heterocycles. The number of aromatic nitrogens is 2. The van der Waals surface area contributed by atoms with Crippen molar-refractivity contribution in [3.05, 3.63) is 69.1 Å². The SMILES string of the molecule is CCn1c(=O)c(C)nc2cc(C(=O)O[C@H](C)C(=O)Nc3cccc(Cl)c3)ccc21. The third-order valence-electron chi connectivity index (χ3n) is 4.41. The number of amides is 1. The predicted octanol–water partition coefficient (Wildman–Crippen LogP) is 3.56. The highest BCUT2D eigenvalue weighted by Crippen LogP contribution is 2.17. The number of anilines is 1. The van der Waals surface area contributed by atoms with Crippen LogP contribution < -0.4 is 10.9 Å². The molecule has 0 aliphatic carbocycles. The third-order valence-corrected chi connectivity index (χ3v) is 4.64. The van der Waals surface area contributed by atoms with Crippen LogP contribution in [0.25, 0.3) is 11.0 Å². The molecular weight excluding hydrogens is 394 g/mol. The summed E-state index contributed by atoms with van der Waals surface area (Å²) in [6.07, 6.45) is -1.02. The molecule has 0 aliphatic rings. The first kappa shape index (κ1) is 20.5. The maximum absolute atomic E-state index is 12.5. The largest absolute Gasteiger partial charge is 0.449 e. The van der Waals surface area contributed by atoms with Crippen LogP contribution >= 0.6 is 11.6 Å². The third kappa shape index (κ3) is 4.46. The monoisotopic (exact) mass is 413 g/mol. The van der Waals surface area contributed by atoms with Crippen molar-refractivity contribution in [1.29, 1.82) is 0 Å². The van der Waals surface area contributed by atoms with E-state index in [1.54, 1.807) is 54.0 Å². The van der Waals surface area contributed by atoms with E-state index in [9.17, 15) is 14.4 Å². The predicted molar refractivity (Wildman–Crippen MR) is 111 cm³/mol. The highest BCUT2D eigenvalue weighted by atomic mass is 35.5. The van der Waals surface area contributed by atoms with Gasteiger partial charge in [-0.1, -0.05) is 17.7 Å². The summed E-state index contributed by atoms with van der Waals surface area (Å²) in [7, 11) is 0. The lowest BCUT2D eigenvalue weighted by Gasteiger charge is -2.14. The Kier molecular flexibility index (Phi) is 5.98. The number of carbonyl (C=O) groups excluding carboxylic acids is 2. The van der Waals surface area contributed by atoms with E-state index in [0.717, 1.165) is 0 Å². The van der Waals surface area contributed by atoms with Crippen LogP contribution in [0.5, 0.6) is 0 Å². The number of nitrogens with one attached hydrogen (secondary N) is 1. The van der Waals surface area contributed by atoms with Gasteiger partial charge in [-0.3, -0.25) is 9.59 Å². The molecule has 0 saturated carbocycles. The number of hydrogen-bond acceptors (Lipinski definition) is 5. The second-order valence-electron chi connectivity index (χ2n) is 6.50. The van der Waals surface area contributed by atoms with Gasteiger partial charge >= 0.3 is 5.97 Å². The zero-order chi connectivity index (χ0) is 21.1. The van der Waals surface area contributed by atoms with E-state index in [1.165, 1.54) is 6.92 Å². The number of nitrogens with zero attached hydrogens (tertiary/aromatic N) is 2. The quantitative estimate of drug-likeness (QED) is 0.646. The fraction of sp³-hybridized carbons (Fsp3) is 0.238. The summed E-state index contributed by atoms with van der Waals surface area (Å²) in [5.41, 5.74) is 2.07. The molecule has 0 bridgehead atoms. The molecule has 2 aromatic carbocycles. The van der Waals surface area contributed by atoms with Gasteiger partial charge in [0.25, 0.3) is 11.5 Å². The van der Waals surface area contributed by atoms with Gasteiger partial charge in [-0.05, 0) is 57.2 Å². The van der Waals surface area contributed by atoms with Gasteiger partial charge in [-0.25, -0.2) is 9.78 Å². The lowest BCUT2D eigenvalue weighted by atomic mass is 10.2. The number of carbonyl (C=O) groups is 2. The van der Waals surface area contributed by atoms with E-state index in [1.807, 2.05) is 6.92 Å². The zero-order valence-corrected chi connectivity index (χ0v) is 17.0. The molecule has 1 amide bonds. The van der Waals surface area contributed by atoms with Gasteiger partial charge in [-0.15, -0.1) is 0 Å². The second kappa shape index (κ2) is 8.45. The Hall–Kier alpha value is -3.19. The van der Waals surface area contributed by atoms with Crippen molar-refractivity contribution >= 4 is 40.2 Å². The van der Waals surface area contributed by atoms with Crippen LogP contribution in [-0.2, 0) is 16.1 Å². The van der Waals surface area contributed by atoms with Crippen LogP contribution in [0.2, 0.25) is 5.02 Å². The lowest BCUT2D eigenvalue weighted by Crippen LogP contribution is -2.30. The smallest absolute Gasteiger partial charge is 0.338 e. The van der Waals surface area contributed by atoms with E-state index in [2.05, 4.69) is 10.3 Å². The molecule has 1 aromatic heterocycles. The summed E-state index contributed by atoms with van der Waals surface area (Å²) >= 11 is 5.90. The Labute approximate surface area is 172 Å². The zero-order valence-electron chi connectivity index (χ0n) is 16.2. The molecule has 0 fully saturated rings. The van der Waals surface area contributed by atoms with Gasteiger partial charge < -0.3 is 14.6 Å². The van der Waals surface area contributed by atoms with Crippen molar-refractivity contribution in [3.63, 3.8) is 0 Å². The molecule has 0 unspecified atom stereocenters. The molecule has 0 aliphatic heterocycles. The summed E-state index contributed by atoms with van der Waals surface area (Å²) in [4.78, 5) is 41.2. The Bertz CT molecular complexity index is 1160. The van der Waals surface area contributed by atoms with Gasteiger partial charge in [-0.2, -0.15) is 0 Å². The second-order valence-corrected chi connectivity index (χ2v) is 6.93. The highest BCUT2D eigenvalue weighted by Gasteiger charge is 2.20. The Morgan fingerprint density at radius 2 is 2.00 bits per heavy atom.